The number of hydrogen-bond donors (Lipinski definition) is 2. The van der Waals surface area contributed by atoms with E-state index in [9.17, 15) is 14.7 Å². The van der Waals surface area contributed by atoms with E-state index in [0.29, 0.717) is 79.4 Å². The molecule has 0 aromatic rings. The van der Waals surface area contributed by atoms with E-state index in [-0.39, 0.29) is 73.2 Å². The highest BCUT2D eigenvalue weighted by Gasteiger charge is 2.68. The van der Waals surface area contributed by atoms with Crippen LogP contribution >= 0.6 is 8.53 Å². The first-order valence-electron chi connectivity index (χ1n) is 24.2. The minimum absolute atomic E-state index is 0.0125. The van der Waals surface area contributed by atoms with Crippen LogP contribution < -0.4 is 5.32 Å². The topological polar surface area (TPSA) is 143 Å². The Morgan fingerprint density at radius 2 is 1.84 bits per heavy atom. The quantitative estimate of drug-likeness (QED) is 0.0876. The van der Waals surface area contributed by atoms with Gasteiger partial charge in [0.2, 0.25) is 5.91 Å². The number of carbonyl (C=O) groups excluding carboxylic acids is 2. The van der Waals surface area contributed by atoms with E-state index in [1.807, 2.05) is 0 Å². The highest BCUT2D eigenvalue weighted by atomic mass is 31.2. The molecule has 61 heavy (non-hydrogen) atoms. The van der Waals surface area contributed by atoms with Gasteiger partial charge in [0.25, 0.3) is 8.53 Å². The molecule has 3 heterocycles. The first-order chi connectivity index (χ1) is 29.1. The Labute approximate surface area is 368 Å². The summed E-state index contributed by atoms with van der Waals surface area (Å²) < 4.78 is 34.3. The summed E-state index contributed by atoms with van der Waals surface area (Å²) in [5.41, 5.74) is 1.98. The monoisotopic (exact) mass is 871 g/mol. The molecular weight excluding hydrogens is 792 g/mol. The number of nitrogens with one attached hydrogen (secondary N) is 1. The zero-order valence-electron chi connectivity index (χ0n) is 38.7. The van der Waals surface area contributed by atoms with Crippen molar-refractivity contribution in [1.82, 2.24) is 14.9 Å². The number of alkyl carbamates (subject to hydrolysis) is 1. The Balaban J connectivity index is 0.821. The average molecular weight is 871 g/mol. The minimum Gasteiger partial charge on any atom is -0.446 e. The van der Waals surface area contributed by atoms with E-state index in [4.69, 9.17) is 28.5 Å². The van der Waals surface area contributed by atoms with Gasteiger partial charge in [-0.1, -0.05) is 45.8 Å². The molecule has 2 N–H and O–H groups in total. The number of nitrogens with zero attached hydrogens (tertiary/aromatic N) is 3. The lowest BCUT2D eigenvalue weighted by Gasteiger charge is -2.58. The van der Waals surface area contributed by atoms with Gasteiger partial charge < -0.3 is 38.6 Å². The molecule has 0 bridgehead atoms. The normalized spacial score (nSPS) is 39.7. The largest absolute Gasteiger partial charge is 0.446 e. The molecule has 13 heteroatoms. The maximum atomic E-state index is 13.3. The molecule has 7 aliphatic rings. The lowest BCUT2D eigenvalue weighted by atomic mass is 9.47. The van der Waals surface area contributed by atoms with Crippen LogP contribution in [0.15, 0.2) is 11.6 Å². The first kappa shape index (κ1) is 47.1. The number of amides is 2. The molecule has 2 amide bonds. The van der Waals surface area contributed by atoms with Gasteiger partial charge in [-0.25, -0.2) is 9.46 Å². The lowest BCUT2D eigenvalue weighted by molar-refractivity contribution is -0.272. The Morgan fingerprint density at radius 3 is 2.54 bits per heavy atom. The lowest BCUT2D eigenvalue weighted by Crippen LogP contribution is -2.52. The molecule has 1 spiro atoms. The number of rotatable bonds is 16. The highest BCUT2D eigenvalue weighted by Crippen LogP contribution is 2.70. The van der Waals surface area contributed by atoms with Crippen molar-refractivity contribution in [3.63, 3.8) is 0 Å². The van der Waals surface area contributed by atoms with Crippen LogP contribution in [0, 0.1) is 57.7 Å². The summed E-state index contributed by atoms with van der Waals surface area (Å²) in [4.78, 5) is 28.1. The molecule has 6 fully saturated rings. The summed E-state index contributed by atoms with van der Waals surface area (Å²) in [7, 11) is -1.43. The maximum Gasteiger partial charge on any atom is 0.407 e. The van der Waals surface area contributed by atoms with Crippen LogP contribution in [0.1, 0.15) is 152 Å². The van der Waals surface area contributed by atoms with Crippen LogP contribution in [0.3, 0.4) is 0 Å². The fourth-order valence-corrected chi connectivity index (χ4v) is 15.4. The smallest absolute Gasteiger partial charge is 0.407 e. The van der Waals surface area contributed by atoms with E-state index in [0.717, 1.165) is 51.6 Å². The maximum absolute atomic E-state index is 13.3. The summed E-state index contributed by atoms with van der Waals surface area (Å²) in [6.07, 6.45) is 15.5. The van der Waals surface area contributed by atoms with Crippen molar-refractivity contribution in [1.29, 1.82) is 5.26 Å². The second kappa shape index (κ2) is 19.7. The van der Waals surface area contributed by atoms with Gasteiger partial charge in [0.1, 0.15) is 6.10 Å². The summed E-state index contributed by atoms with van der Waals surface area (Å²) in [5, 5.41) is 22.2. The first-order valence-corrected chi connectivity index (χ1v) is 25.4. The van der Waals surface area contributed by atoms with E-state index >= 15 is 0 Å². The SMILES string of the molecule is CC(C)N(C(C)C)P(OCCC#N)O[C@@H]1C[C@@H](CO)N(C(=O)CCCCCNC(=O)O[C@H]2CC[C@@]3(C)C(=CC[C@H]4[C@@H]5C[C@@H]6O[C@]7(CC[C@@H](C)CO7)[C@@H](C)[C@@H]6[C@@]5(C)CC[C@@H]43)C2)C1. The van der Waals surface area contributed by atoms with Crippen molar-refractivity contribution in [2.75, 3.05) is 32.9 Å². The number of carbonyl (C=O) groups is 2. The van der Waals surface area contributed by atoms with Gasteiger partial charge in [-0.2, -0.15) is 5.26 Å². The molecule has 3 saturated carbocycles. The number of aliphatic hydroxyl groups is 1. The second-order valence-electron chi connectivity index (χ2n) is 21.2. The molecule has 344 valence electrons. The fraction of sp³-hybridized carbons (Fsp3) is 0.896. The van der Waals surface area contributed by atoms with Crippen LogP contribution in [0.25, 0.3) is 0 Å². The van der Waals surface area contributed by atoms with Crippen LogP contribution in [0.4, 0.5) is 4.79 Å². The van der Waals surface area contributed by atoms with Crippen molar-refractivity contribution >= 4 is 20.5 Å². The number of unbranched alkanes of at least 4 members (excludes halogenated alkanes) is 2. The van der Waals surface area contributed by atoms with Crippen molar-refractivity contribution in [2.24, 2.45) is 46.3 Å². The molecule has 7 rings (SSSR count). The van der Waals surface area contributed by atoms with Gasteiger partial charge in [0.05, 0.1) is 50.6 Å². The number of fused-ring (bicyclic) bond motifs is 7. The van der Waals surface area contributed by atoms with Gasteiger partial charge in [0.15, 0.2) is 5.79 Å². The van der Waals surface area contributed by atoms with Crippen LogP contribution in [0.2, 0.25) is 0 Å². The summed E-state index contributed by atoms with van der Waals surface area (Å²) in [6, 6.07) is 2.20. The van der Waals surface area contributed by atoms with E-state index in [1.165, 1.54) is 31.3 Å². The summed E-state index contributed by atoms with van der Waals surface area (Å²) >= 11 is 0. The number of hydrogen-bond acceptors (Lipinski definition) is 10. The zero-order valence-corrected chi connectivity index (χ0v) is 39.6. The number of allylic oxidation sites excluding steroid dienone is 1. The van der Waals surface area contributed by atoms with E-state index in [2.05, 4.69) is 77.5 Å². The number of likely N-dealkylation sites (tertiary alicyclic amines) is 1. The molecule has 3 saturated heterocycles. The number of aliphatic hydroxyl groups excluding tert-OH is 1. The Kier molecular flexibility index (Phi) is 15.2. The molecule has 14 atom stereocenters. The van der Waals surface area contributed by atoms with Crippen molar-refractivity contribution in [3.8, 4) is 6.07 Å². The van der Waals surface area contributed by atoms with Crippen molar-refractivity contribution in [2.45, 2.75) is 194 Å². The third kappa shape index (κ3) is 9.61. The Bertz CT molecular complexity index is 1590. The third-order valence-corrected chi connectivity index (χ3v) is 18.9. The molecule has 4 aliphatic carbocycles. The van der Waals surface area contributed by atoms with Gasteiger partial charge in [-0.3, -0.25) is 4.79 Å². The van der Waals surface area contributed by atoms with Crippen LogP contribution in [0.5, 0.6) is 0 Å². The van der Waals surface area contributed by atoms with Gasteiger partial charge >= 0.3 is 6.09 Å². The Hall–Kier alpha value is -1.84. The highest BCUT2D eigenvalue weighted by molar-refractivity contribution is 7.44. The van der Waals surface area contributed by atoms with Crippen molar-refractivity contribution in [3.05, 3.63) is 11.6 Å². The Morgan fingerprint density at radius 1 is 1.05 bits per heavy atom. The summed E-state index contributed by atoms with van der Waals surface area (Å²) in [5.74, 6) is 3.34. The van der Waals surface area contributed by atoms with Crippen LogP contribution in [-0.2, 0) is 28.1 Å². The van der Waals surface area contributed by atoms with E-state index < -0.39 is 8.53 Å². The minimum atomic E-state index is -1.43. The molecular formula is C48H79N4O8P. The standard InChI is InChI=1S/C48H79N4O8P/c1-31(2)52(32(3)4)61(57-24-12-22-49)60-38-26-36(29-53)51(28-38)43(54)13-10-9-11-23-50-45(55)58-37-17-19-46(7)35(25-37)14-15-39-40(46)18-20-47(8)41(39)27-42-44(47)34(6)48(59-42)21-16-33(5)30-56-48/h14,31-34,36-42,44,53H,9-13,15-21,23-30H2,1-8H3,(H,50,55)/t33-,34+,36+,37+,38-,39-,40+,41+,42+,44+,46+,47+,48-,61?/m1/s1. The number of nitriles is 1. The number of ether oxygens (including phenoxy) is 3. The average Bonchev–Trinajstić information content (AvgIpc) is 3.85. The summed E-state index contributed by atoms with van der Waals surface area (Å²) in [6.45, 7) is 20.1. The fourth-order valence-electron chi connectivity index (χ4n) is 13.7. The third-order valence-electron chi connectivity index (χ3n) is 16.7. The molecule has 3 aliphatic heterocycles. The van der Waals surface area contributed by atoms with Gasteiger partial charge in [-0.05, 0) is 132 Å². The molecule has 1 unspecified atom stereocenters. The van der Waals surface area contributed by atoms with Gasteiger partial charge in [-0.15, -0.1) is 0 Å². The molecule has 0 aromatic heterocycles. The predicted octanol–water partition coefficient (Wildman–Crippen LogP) is 9.26. The molecule has 0 aromatic carbocycles. The predicted molar refractivity (Wildman–Crippen MR) is 236 cm³/mol. The van der Waals surface area contributed by atoms with E-state index in [1.54, 1.807) is 4.90 Å². The molecule has 0 radical (unpaired) electrons. The van der Waals surface area contributed by atoms with Gasteiger partial charge in [0, 0.05) is 50.4 Å². The molecule has 12 nitrogen and oxygen atoms in total. The van der Waals surface area contributed by atoms with Crippen molar-refractivity contribution < 1.29 is 38.0 Å². The van der Waals surface area contributed by atoms with Crippen LogP contribution in [-0.4, -0.2) is 102 Å². The zero-order chi connectivity index (χ0) is 43.7. The second-order valence-corrected chi connectivity index (χ2v) is 22.6.